The van der Waals surface area contributed by atoms with Gasteiger partial charge in [0, 0.05) is 10.9 Å². The lowest BCUT2D eigenvalue weighted by molar-refractivity contribution is 0.0300. The van der Waals surface area contributed by atoms with Crippen LogP contribution in [-0.4, -0.2) is 11.2 Å². The molecule has 0 N–H and O–H groups in total. The van der Waals surface area contributed by atoms with Gasteiger partial charge in [-0.1, -0.05) is 24.3 Å². The SMILES string of the molecule is O=c1c2ccsc2ccn1CC1OCCc2ccccc21. The van der Waals surface area contributed by atoms with Crippen LogP contribution in [0.4, 0.5) is 0 Å². The third-order valence-corrected chi connectivity index (χ3v) is 4.93. The zero-order valence-corrected chi connectivity index (χ0v) is 12.3. The molecule has 0 spiro atoms. The van der Waals surface area contributed by atoms with E-state index in [2.05, 4.69) is 18.2 Å². The molecule has 4 rings (SSSR count). The highest BCUT2D eigenvalue weighted by Gasteiger charge is 2.21. The van der Waals surface area contributed by atoms with Gasteiger partial charge in [-0.3, -0.25) is 4.79 Å². The molecule has 1 aliphatic heterocycles. The standard InChI is InChI=1S/C17H15NO2S/c19-17-14-7-10-21-16(14)5-8-18(17)11-15-13-4-2-1-3-12(13)6-9-20-15/h1-5,7-8,10,15H,6,9,11H2. The molecule has 1 unspecified atom stereocenters. The summed E-state index contributed by atoms with van der Waals surface area (Å²) in [6, 6.07) is 12.3. The highest BCUT2D eigenvalue weighted by molar-refractivity contribution is 7.17. The molecule has 0 aliphatic carbocycles. The van der Waals surface area contributed by atoms with Crippen molar-refractivity contribution < 1.29 is 4.74 Å². The van der Waals surface area contributed by atoms with E-state index in [1.165, 1.54) is 11.1 Å². The van der Waals surface area contributed by atoms with E-state index >= 15 is 0 Å². The molecular formula is C17H15NO2S. The average molecular weight is 297 g/mol. The summed E-state index contributed by atoms with van der Waals surface area (Å²) in [4.78, 5) is 12.5. The Balaban J connectivity index is 1.72. The number of ether oxygens (including phenoxy) is 1. The molecule has 1 atom stereocenters. The summed E-state index contributed by atoms with van der Waals surface area (Å²) in [5.41, 5.74) is 2.61. The first-order valence-corrected chi connectivity index (χ1v) is 7.97. The van der Waals surface area contributed by atoms with Gasteiger partial charge in [0.05, 0.1) is 18.5 Å². The third kappa shape index (κ3) is 2.20. The quantitative estimate of drug-likeness (QED) is 0.726. The first kappa shape index (κ1) is 12.8. The van der Waals surface area contributed by atoms with Crippen LogP contribution in [0.5, 0.6) is 0 Å². The van der Waals surface area contributed by atoms with Crippen molar-refractivity contribution in [1.29, 1.82) is 0 Å². The second kappa shape index (κ2) is 5.13. The predicted molar refractivity (Wildman–Crippen MR) is 84.9 cm³/mol. The van der Waals surface area contributed by atoms with Crippen molar-refractivity contribution in [2.45, 2.75) is 19.1 Å². The Labute approximate surface area is 126 Å². The van der Waals surface area contributed by atoms with E-state index in [0.717, 1.165) is 23.1 Å². The lowest BCUT2D eigenvalue weighted by Gasteiger charge is -2.26. The van der Waals surface area contributed by atoms with E-state index in [9.17, 15) is 4.79 Å². The Morgan fingerprint density at radius 1 is 1.24 bits per heavy atom. The highest BCUT2D eigenvalue weighted by atomic mass is 32.1. The van der Waals surface area contributed by atoms with Crippen LogP contribution in [0.3, 0.4) is 0 Å². The van der Waals surface area contributed by atoms with Crippen molar-refractivity contribution in [3.8, 4) is 0 Å². The first-order chi connectivity index (χ1) is 10.3. The van der Waals surface area contributed by atoms with Crippen LogP contribution in [0.15, 0.2) is 52.8 Å². The third-order valence-electron chi connectivity index (χ3n) is 4.05. The van der Waals surface area contributed by atoms with Crippen molar-refractivity contribution in [3.63, 3.8) is 0 Å². The van der Waals surface area contributed by atoms with Crippen molar-refractivity contribution in [1.82, 2.24) is 4.57 Å². The number of hydrogen-bond acceptors (Lipinski definition) is 3. The maximum absolute atomic E-state index is 12.5. The Bertz CT molecular complexity index is 849. The predicted octanol–water partition coefficient (Wildman–Crippen LogP) is 3.38. The molecule has 4 heteroatoms. The van der Waals surface area contributed by atoms with E-state index in [0.29, 0.717) is 6.54 Å². The maximum atomic E-state index is 12.5. The first-order valence-electron chi connectivity index (χ1n) is 7.09. The number of hydrogen-bond donors (Lipinski definition) is 0. The van der Waals surface area contributed by atoms with Gasteiger partial charge in [0.15, 0.2) is 0 Å². The van der Waals surface area contributed by atoms with E-state index in [1.54, 1.807) is 15.9 Å². The number of aromatic nitrogens is 1. The maximum Gasteiger partial charge on any atom is 0.259 e. The molecule has 0 radical (unpaired) electrons. The molecule has 3 aromatic rings. The van der Waals surface area contributed by atoms with Gasteiger partial charge in [-0.15, -0.1) is 11.3 Å². The number of rotatable bonds is 2. The summed E-state index contributed by atoms with van der Waals surface area (Å²) in [6.07, 6.45) is 2.79. The number of benzene rings is 1. The molecule has 0 bridgehead atoms. The van der Waals surface area contributed by atoms with Gasteiger partial charge in [-0.2, -0.15) is 0 Å². The summed E-state index contributed by atoms with van der Waals surface area (Å²) in [5, 5.41) is 2.76. The van der Waals surface area contributed by atoms with Crippen LogP contribution in [0.25, 0.3) is 10.1 Å². The molecule has 3 heterocycles. The molecule has 21 heavy (non-hydrogen) atoms. The number of fused-ring (bicyclic) bond motifs is 2. The summed E-state index contributed by atoms with van der Waals surface area (Å²) in [5.74, 6) is 0. The molecule has 1 aliphatic rings. The largest absolute Gasteiger partial charge is 0.371 e. The Kier molecular flexibility index (Phi) is 3.13. The van der Waals surface area contributed by atoms with Crippen molar-refractivity contribution in [2.24, 2.45) is 0 Å². The van der Waals surface area contributed by atoms with Gasteiger partial charge >= 0.3 is 0 Å². The van der Waals surface area contributed by atoms with Crippen molar-refractivity contribution in [3.05, 3.63) is 69.5 Å². The number of pyridine rings is 1. The van der Waals surface area contributed by atoms with E-state index in [-0.39, 0.29) is 11.7 Å². The van der Waals surface area contributed by atoms with Gasteiger partial charge in [-0.25, -0.2) is 0 Å². The average Bonchev–Trinajstić information content (AvgIpc) is 3.00. The Morgan fingerprint density at radius 3 is 3.10 bits per heavy atom. The normalized spacial score (nSPS) is 17.8. The van der Waals surface area contributed by atoms with Crippen LogP contribution in [0.2, 0.25) is 0 Å². The van der Waals surface area contributed by atoms with E-state index in [4.69, 9.17) is 4.74 Å². The van der Waals surface area contributed by atoms with Crippen molar-refractivity contribution >= 4 is 21.4 Å². The fourth-order valence-electron chi connectivity index (χ4n) is 2.96. The molecule has 3 nitrogen and oxygen atoms in total. The van der Waals surface area contributed by atoms with Crippen LogP contribution >= 0.6 is 11.3 Å². The van der Waals surface area contributed by atoms with Gasteiger partial charge in [0.25, 0.3) is 5.56 Å². The lowest BCUT2D eigenvalue weighted by atomic mass is 9.97. The Morgan fingerprint density at radius 2 is 2.14 bits per heavy atom. The van der Waals surface area contributed by atoms with Gasteiger partial charge in [0.2, 0.25) is 0 Å². The van der Waals surface area contributed by atoms with Crippen LogP contribution in [0.1, 0.15) is 17.2 Å². The second-order valence-electron chi connectivity index (χ2n) is 5.28. The highest BCUT2D eigenvalue weighted by Crippen LogP contribution is 2.28. The summed E-state index contributed by atoms with van der Waals surface area (Å²) >= 11 is 1.60. The molecule has 1 aromatic carbocycles. The summed E-state index contributed by atoms with van der Waals surface area (Å²) in [7, 11) is 0. The molecule has 0 saturated carbocycles. The van der Waals surface area contributed by atoms with E-state index < -0.39 is 0 Å². The minimum absolute atomic E-state index is 0.0382. The smallest absolute Gasteiger partial charge is 0.259 e. The minimum Gasteiger partial charge on any atom is -0.371 e. The second-order valence-corrected chi connectivity index (χ2v) is 6.23. The van der Waals surface area contributed by atoms with Gasteiger partial charge < -0.3 is 9.30 Å². The molecule has 0 fully saturated rings. The molecule has 0 amide bonds. The van der Waals surface area contributed by atoms with Crippen LogP contribution in [0, 0.1) is 0 Å². The zero-order chi connectivity index (χ0) is 14.2. The number of thiophene rings is 1. The molecular weight excluding hydrogens is 282 g/mol. The monoisotopic (exact) mass is 297 g/mol. The van der Waals surface area contributed by atoms with Gasteiger partial charge in [-0.05, 0) is 35.1 Å². The van der Waals surface area contributed by atoms with E-state index in [1.807, 2.05) is 29.8 Å². The fourth-order valence-corrected chi connectivity index (χ4v) is 3.73. The van der Waals surface area contributed by atoms with Crippen LogP contribution in [-0.2, 0) is 17.7 Å². The molecule has 0 saturated heterocycles. The van der Waals surface area contributed by atoms with Crippen molar-refractivity contribution in [2.75, 3.05) is 6.61 Å². The number of nitrogens with zero attached hydrogens (tertiary/aromatic N) is 1. The van der Waals surface area contributed by atoms with Gasteiger partial charge in [0.1, 0.15) is 6.10 Å². The zero-order valence-electron chi connectivity index (χ0n) is 11.5. The van der Waals surface area contributed by atoms with Crippen LogP contribution < -0.4 is 5.56 Å². The Hall–Kier alpha value is -1.91. The minimum atomic E-state index is -0.0382. The lowest BCUT2D eigenvalue weighted by Crippen LogP contribution is -2.26. The fraction of sp³-hybridized carbons (Fsp3) is 0.235. The molecule has 106 valence electrons. The molecule has 2 aromatic heterocycles. The summed E-state index contributed by atoms with van der Waals surface area (Å²) in [6.45, 7) is 1.29. The summed E-state index contributed by atoms with van der Waals surface area (Å²) < 4.78 is 8.71. The topological polar surface area (TPSA) is 31.2 Å².